The van der Waals surface area contributed by atoms with Crippen molar-refractivity contribution in [2.45, 2.75) is 20.3 Å². The van der Waals surface area contributed by atoms with E-state index >= 15 is 0 Å². The van der Waals surface area contributed by atoms with Crippen LogP contribution in [0.3, 0.4) is 0 Å². The minimum absolute atomic E-state index is 0.0415. The number of phenolic OH excluding ortho intramolecular Hbond substituents is 2. The third-order valence-electron chi connectivity index (χ3n) is 2.74. The van der Waals surface area contributed by atoms with Gasteiger partial charge in [0.2, 0.25) is 0 Å². The van der Waals surface area contributed by atoms with Crippen LogP contribution in [-0.4, -0.2) is 40.7 Å². The number of benzene rings is 1. The number of amides is 1. The fraction of sp³-hybridized carbons (Fsp3) is 0.500. The molecule has 0 spiro atoms. The van der Waals surface area contributed by atoms with Crippen molar-refractivity contribution in [1.82, 2.24) is 4.90 Å². The van der Waals surface area contributed by atoms with Crippen molar-refractivity contribution in [1.29, 1.82) is 0 Å². The van der Waals surface area contributed by atoms with E-state index < -0.39 is 0 Å². The Kier molecular flexibility index (Phi) is 5.63. The van der Waals surface area contributed by atoms with Crippen LogP contribution in [0.25, 0.3) is 0 Å². The summed E-state index contributed by atoms with van der Waals surface area (Å²) in [6.45, 7) is 5.59. The van der Waals surface area contributed by atoms with Gasteiger partial charge in [-0.15, -0.1) is 0 Å². The molecule has 19 heavy (non-hydrogen) atoms. The molecular weight excluding hydrogens is 244 g/mol. The molecule has 0 aliphatic carbocycles. The maximum absolute atomic E-state index is 12.4. The highest BCUT2D eigenvalue weighted by molar-refractivity contribution is 5.99. The quantitative estimate of drug-likeness (QED) is 0.729. The molecule has 0 saturated carbocycles. The third-order valence-corrected chi connectivity index (χ3v) is 2.74. The first kappa shape index (κ1) is 15.3. The molecule has 0 unspecified atom stereocenters. The molecule has 0 heterocycles. The number of hydrogen-bond donors (Lipinski definition) is 3. The first-order valence-electron chi connectivity index (χ1n) is 6.47. The lowest BCUT2D eigenvalue weighted by Crippen LogP contribution is -2.36. The summed E-state index contributed by atoms with van der Waals surface area (Å²) in [4.78, 5) is 14.0. The molecule has 0 aromatic heterocycles. The lowest BCUT2D eigenvalue weighted by Gasteiger charge is -2.25. The van der Waals surface area contributed by atoms with Gasteiger partial charge in [0, 0.05) is 13.1 Å². The van der Waals surface area contributed by atoms with Gasteiger partial charge in [0.15, 0.2) is 0 Å². The third kappa shape index (κ3) is 4.13. The van der Waals surface area contributed by atoms with Gasteiger partial charge in [-0.3, -0.25) is 4.79 Å². The Morgan fingerprint density at radius 1 is 1.32 bits per heavy atom. The fourth-order valence-electron chi connectivity index (χ4n) is 1.90. The smallest absolute Gasteiger partial charge is 0.261 e. The van der Waals surface area contributed by atoms with Crippen LogP contribution in [0, 0.1) is 5.92 Å². The molecule has 0 saturated heterocycles. The average Bonchev–Trinajstić information content (AvgIpc) is 2.33. The van der Waals surface area contributed by atoms with E-state index in [1.807, 2.05) is 13.8 Å². The summed E-state index contributed by atoms with van der Waals surface area (Å²) < 4.78 is 0. The van der Waals surface area contributed by atoms with Crippen LogP contribution >= 0.6 is 0 Å². The molecule has 1 aromatic carbocycles. The normalized spacial score (nSPS) is 10.7. The summed E-state index contributed by atoms with van der Waals surface area (Å²) in [6, 6.07) is 4.28. The van der Waals surface area contributed by atoms with Gasteiger partial charge in [0.25, 0.3) is 5.91 Å². The molecule has 0 aliphatic heterocycles. The van der Waals surface area contributed by atoms with Gasteiger partial charge in [-0.25, -0.2) is 0 Å². The molecule has 0 aliphatic rings. The highest BCUT2D eigenvalue weighted by Crippen LogP contribution is 2.27. The van der Waals surface area contributed by atoms with E-state index in [1.165, 1.54) is 18.2 Å². The van der Waals surface area contributed by atoms with E-state index in [2.05, 4.69) is 0 Å². The Morgan fingerprint density at radius 3 is 2.37 bits per heavy atom. The summed E-state index contributed by atoms with van der Waals surface area (Å²) in [5.41, 5.74) is 5.43. The van der Waals surface area contributed by atoms with Gasteiger partial charge in [-0.05, 0) is 31.0 Å². The van der Waals surface area contributed by atoms with Crippen LogP contribution in [0.5, 0.6) is 11.5 Å². The summed E-state index contributed by atoms with van der Waals surface area (Å²) in [7, 11) is 0. The van der Waals surface area contributed by atoms with Crippen molar-refractivity contribution < 1.29 is 15.0 Å². The van der Waals surface area contributed by atoms with E-state index in [9.17, 15) is 15.0 Å². The maximum Gasteiger partial charge on any atom is 0.261 e. The predicted octanol–water partition coefficient (Wildman–Crippen LogP) is 1.54. The van der Waals surface area contributed by atoms with Crippen molar-refractivity contribution in [2.24, 2.45) is 11.7 Å². The molecule has 0 bridgehead atoms. The van der Waals surface area contributed by atoms with Crippen LogP contribution in [0.15, 0.2) is 18.2 Å². The Bertz CT molecular complexity index is 412. The number of carbonyl (C=O) groups excluding carboxylic acids is 1. The number of aromatic hydroxyl groups is 2. The molecule has 106 valence electrons. The first-order chi connectivity index (χ1) is 8.97. The first-order valence-corrected chi connectivity index (χ1v) is 6.47. The van der Waals surface area contributed by atoms with Crippen LogP contribution in [0.2, 0.25) is 0 Å². The molecular formula is C14H22N2O3. The second kappa shape index (κ2) is 6.99. The fourth-order valence-corrected chi connectivity index (χ4v) is 1.90. The zero-order valence-electron chi connectivity index (χ0n) is 11.5. The molecule has 1 rings (SSSR count). The summed E-state index contributed by atoms with van der Waals surface area (Å²) in [6.07, 6.45) is 0.687. The largest absolute Gasteiger partial charge is 0.507 e. The molecule has 1 aromatic rings. The number of phenols is 2. The molecule has 0 atom stereocenters. The monoisotopic (exact) mass is 266 g/mol. The molecule has 1 amide bonds. The molecule has 0 radical (unpaired) electrons. The maximum atomic E-state index is 12.4. The number of nitrogens with zero attached hydrogens (tertiary/aromatic N) is 1. The zero-order chi connectivity index (χ0) is 14.4. The highest BCUT2D eigenvalue weighted by Gasteiger charge is 2.22. The minimum Gasteiger partial charge on any atom is -0.507 e. The Balaban J connectivity index is 2.97. The number of rotatable bonds is 6. The van der Waals surface area contributed by atoms with Gasteiger partial charge < -0.3 is 20.8 Å². The predicted molar refractivity (Wildman–Crippen MR) is 74.2 cm³/mol. The van der Waals surface area contributed by atoms with Crippen LogP contribution in [0.4, 0.5) is 0 Å². The van der Waals surface area contributed by atoms with E-state index in [-0.39, 0.29) is 23.0 Å². The second-order valence-electron chi connectivity index (χ2n) is 4.96. The van der Waals surface area contributed by atoms with Crippen molar-refractivity contribution in [3.05, 3.63) is 23.8 Å². The zero-order valence-corrected chi connectivity index (χ0v) is 11.5. The van der Waals surface area contributed by atoms with E-state index in [4.69, 9.17) is 5.73 Å². The SMILES string of the molecule is CC(C)CN(CCCN)C(=O)c1c(O)cccc1O. The lowest BCUT2D eigenvalue weighted by molar-refractivity contribution is 0.0729. The average molecular weight is 266 g/mol. The summed E-state index contributed by atoms with van der Waals surface area (Å²) in [5, 5.41) is 19.5. The van der Waals surface area contributed by atoms with Gasteiger partial charge in [-0.1, -0.05) is 19.9 Å². The van der Waals surface area contributed by atoms with E-state index in [0.717, 1.165) is 0 Å². The standard InChI is InChI=1S/C14H22N2O3/c1-10(2)9-16(8-4-7-15)14(19)13-11(17)5-3-6-12(13)18/h3,5-6,10,17-18H,4,7-9,15H2,1-2H3. The summed E-state index contributed by atoms with van der Waals surface area (Å²) >= 11 is 0. The Morgan fingerprint density at radius 2 is 1.89 bits per heavy atom. The second-order valence-corrected chi connectivity index (χ2v) is 4.96. The minimum atomic E-state index is -0.363. The van der Waals surface area contributed by atoms with Gasteiger partial charge in [0.1, 0.15) is 17.1 Å². The van der Waals surface area contributed by atoms with Gasteiger partial charge in [-0.2, -0.15) is 0 Å². The Hall–Kier alpha value is -1.75. The van der Waals surface area contributed by atoms with Crippen LogP contribution < -0.4 is 5.73 Å². The molecule has 0 fully saturated rings. The molecule has 4 N–H and O–H groups in total. The van der Waals surface area contributed by atoms with E-state index in [1.54, 1.807) is 4.90 Å². The van der Waals surface area contributed by atoms with Crippen LogP contribution in [-0.2, 0) is 0 Å². The van der Waals surface area contributed by atoms with Gasteiger partial charge in [0.05, 0.1) is 0 Å². The number of hydrogen-bond acceptors (Lipinski definition) is 4. The molecule has 5 nitrogen and oxygen atoms in total. The van der Waals surface area contributed by atoms with Crippen LogP contribution in [0.1, 0.15) is 30.6 Å². The van der Waals surface area contributed by atoms with Gasteiger partial charge >= 0.3 is 0 Å². The van der Waals surface area contributed by atoms with E-state index in [0.29, 0.717) is 32.0 Å². The molecule has 5 heteroatoms. The number of carbonyl (C=O) groups is 1. The Labute approximate surface area is 113 Å². The summed E-state index contributed by atoms with van der Waals surface area (Å²) in [5.74, 6) is -0.467. The topological polar surface area (TPSA) is 86.8 Å². The van der Waals surface area contributed by atoms with Crippen molar-refractivity contribution in [3.8, 4) is 11.5 Å². The van der Waals surface area contributed by atoms with Crippen molar-refractivity contribution in [2.75, 3.05) is 19.6 Å². The lowest BCUT2D eigenvalue weighted by atomic mass is 10.1. The van der Waals surface area contributed by atoms with Crippen molar-refractivity contribution in [3.63, 3.8) is 0 Å². The highest BCUT2D eigenvalue weighted by atomic mass is 16.3. The number of nitrogens with two attached hydrogens (primary N) is 1. The van der Waals surface area contributed by atoms with Crippen molar-refractivity contribution >= 4 is 5.91 Å².